The minimum absolute atomic E-state index is 0.108. The van der Waals surface area contributed by atoms with Crippen molar-refractivity contribution in [1.29, 1.82) is 0 Å². The molecule has 1 heterocycles. The van der Waals surface area contributed by atoms with Crippen molar-refractivity contribution in [2.45, 2.75) is 67.5 Å². The van der Waals surface area contributed by atoms with Gasteiger partial charge in [0.25, 0.3) is 0 Å². The average molecular weight is 269 g/mol. The molecule has 1 aromatic heterocycles. The topological polar surface area (TPSA) is 70.9 Å². The van der Waals surface area contributed by atoms with Crippen LogP contribution in [0, 0.1) is 0 Å². The number of rotatable bonds is 3. The molecule has 2 aliphatic rings. The molecule has 0 aromatic carbocycles. The van der Waals surface area contributed by atoms with Crippen molar-refractivity contribution in [2.75, 3.05) is 0 Å². The van der Waals surface area contributed by atoms with Crippen molar-refractivity contribution in [3.8, 4) is 0 Å². The maximum Gasteiger partial charge on any atom is 0.344 e. The molecule has 3 rings (SSSR count). The van der Waals surface area contributed by atoms with Gasteiger partial charge in [-0.25, -0.2) is 9.89 Å². The summed E-state index contributed by atoms with van der Waals surface area (Å²) in [6, 6.07) is 0.335. The van der Waals surface area contributed by atoms with Crippen LogP contribution in [0.5, 0.6) is 0 Å². The van der Waals surface area contributed by atoms with Crippen LogP contribution in [0.25, 0.3) is 0 Å². The number of H-pyrrole nitrogens is 1. The van der Waals surface area contributed by atoms with E-state index in [1.807, 2.05) is 0 Å². The van der Waals surface area contributed by atoms with Crippen LogP contribution in [0.3, 0.4) is 0 Å². The predicted octanol–water partition coefficient (Wildman–Crippen LogP) is 1.69. The lowest BCUT2D eigenvalue weighted by Gasteiger charge is -2.19. The van der Waals surface area contributed by atoms with Gasteiger partial charge in [-0.1, -0.05) is 31.0 Å². The third kappa shape index (κ3) is 2.49. The first-order valence-electron chi connectivity index (χ1n) is 6.77. The zero-order valence-corrected chi connectivity index (χ0v) is 11.2. The van der Waals surface area contributed by atoms with Gasteiger partial charge < -0.3 is 5.11 Å². The zero-order valence-electron chi connectivity index (χ0n) is 10.3. The van der Waals surface area contributed by atoms with E-state index in [0.717, 1.165) is 43.7 Å². The molecular formula is C12H19N3O2S. The number of aliphatic hydroxyl groups is 1. The Morgan fingerprint density at radius 1 is 1.22 bits per heavy atom. The number of thioether (sulfide) groups is 1. The number of nitrogens with one attached hydrogen (secondary N) is 1. The lowest BCUT2D eigenvalue weighted by atomic mass is 10.1. The molecule has 2 unspecified atom stereocenters. The smallest absolute Gasteiger partial charge is 0.344 e. The molecule has 0 spiro atoms. The van der Waals surface area contributed by atoms with Crippen molar-refractivity contribution in [2.24, 2.45) is 0 Å². The highest BCUT2D eigenvalue weighted by molar-refractivity contribution is 7.99. The van der Waals surface area contributed by atoms with Crippen molar-refractivity contribution >= 4 is 11.8 Å². The Kier molecular flexibility index (Phi) is 3.48. The first-order valence-corrected chi connectivity index (χ1v) is 7.65. The Morgan fingerprint density at radius 3 is 2.78 bits per heavy atom. The van der Waals surface area contributed by atoms with Crippen LogP contribution in [0.15, 0.2) is 9.95 Å². The Balaban J connectivity index is 1.76. The van der Waals surface area contributed by atoms with Crippen LogP contribution in [-0.4, -0.2) is 31.2 Å². The van der Waals surface area contributed by atoms with Gasteiger partial charge in [0.05, 0.1) is 6.10 Å². The molecule has 2 N–H and O–H groups in total. The van der Waals surface area contributed by atoms with E-state index < -0.39 is 0 Å². The number of hydrogen-bond donors (Lipinski definition) is 2. The summed E-state index contributed by atoms with van der Waals surface area (Å²) >= 11 is 1.57. The van der Waals surface area contributed by atoms with E-state index in [2.05, 4.69) is 10.2 Å². The van der Waals surface area contributed by atoms with Crippen LogP contribution in [0.1, 0.15) is 51.0 Å². The maximum atomic E-state index is 11.7. The second-order valence-corrected chi connectivity index (χ2v) is 6.48. The first-order chi connectivity index (χ1) is 8.75. The molecule has 100 valence electrons. The SMILES string of the molecule is O=c1[nH]nc(SC2CCCCCC2O)n1C1CC1. The molecule has 2 saturated carbocycles. The van der Waals surface area contributed by atoms with E-state index in [-0.39, 0.29) is 17.0 Å². The second-order valence-electron chi connectivity index (χ2n) is 5.27. The van der Waals surface area contributed by atoms with E-state index in [0.29, 0.717) is 6.04 Å². The van der Waals surface area contributed by atoms with Crippen LogP contribution in [0.2, 0.25) is 0 Å². The third-order valence-corrected chi connectivity index (χ3v) is 5.11. The van der Waals surface area contributed by atoms with Gasteiger partial charge in [-0.05, 0) is 25.7 Å². The van der Waals surface area contributed by atoms with E-state index in [1.165, 1.54) is 6.42 Å². The molecule has 2 fully saturated rings. The van der Waals surface area contributed by atoms with Gasteiger partial charge in [0, 0.05) is 11.3 Å². The van der Waals surface area contributed by atoms with Gasteiger partial charge >= 0.3 is 5.69 Å². The van der Waals surface area contributed by atoms with E-state index in [9.17, 15) is 9.90 Å². The summed E-state index contributed by atoms with van der Waals surface area (Å²) in [5.41, 5.74) is -0.108. The molecular weight excluding hydrogens is 250 g/mol. The molecule has 0 bridgehead atoms. The Labute approximate surface area is 110 Å². The van der Waals surface area contributed by atoms with Crippen LogP contribution in [-0.2, 0) is 0 Å². The van der Waals surface area contributed by atoms with Crippen molar-refractivity contribution in [3.63, 3.8) is 0 Å². The standard InChI is InChI=1S/C12H19N3O2S/c16-9-4-2-1-3-5-10(9)18-12-14-13-11(17)15(12)8-6-7-8/h8-10,16H,1-7H2,(H,13,17). The first kappa shape index (κ1) is 12.3. The molecule has 2 atom stereocenters. The number of hydrogen-bond acceptors (Lipinski definition) is 4. The monoisotopic (exact) mass is 269 g/mol. The van der Waals surface area contributed by atoms with Crippen LogP contribution >= 0.6 is 11.8 Å². The highest BCUT2D eigenvalue weighted by Gasteiger charge is 2.31. The molecule has 5 nitrogen and oxygen atoms in total. The highest BCUT2D eigenvalue weighted by atomic mass is 32.2. The molecule has 0 aliphatic heterocycles. The van der Waals surface area contributed by atoms with Gasteiger partial charge in [0.1, 0.15) is 0 Å². The lowest BCUT2D eigenvalue weighted by Crippen LogP contribution is -2.23. The second kappa shape index (κ2) is 5.09. The van der Waals surface area contributed by atoms with Crippen LogP contribution in [0.4, 0.5) is 0 Å². The highest BCUT2D eigenvalue weighted by Crippen LogP contribution is 2.38. The summed E-state index contributed by atoms with van der Waals surface area (Å²) in [7, 11) is 0. The van der Waals surface area contributed by atoms with Gasteiger partial charge in [0.2, 0.25) is 0 Å². The van der Waals surface area contributed by atoms with Gasteiger partial charge in [0.15, 0.2) is 5.16 Å². The Bertz CT molecular complexity index is 466. The number of aliphatic hydroxyl groups excluding tert-OH is 1. The van der Waals surface area contributed by atoms with Crippen molar-refractivity contribution in [1.82, 2.24) is 14.8 Å². The van der Waals surface area contributed by atoms with E-state index in [1.54, 1.807) is 16.3 Å². The molecule has 0 radical (unpaired) electrons. The molecule has 6 heteroatoms. The van der Waals surface area contributed by atoms with Crippen molar-refractivity contribution < 1.29 is 5.11 Å². The minimum Gasteiger partial charge on any atom is -0.392 e. The zero-order chi connectivity index (χ0) is 12.5. The minimum atomic E-state index is -0.267. The fraction of sp³-hybridized carbons (Fsp3) is 0.833. The van der Waals surface area contributed by atoms with E-state index in [4.69, 9.17) is 0 Å². The average Bonchev–Trinajstić information content (AvgIpc) is 3.13. The molecule has 0 saturated heterocycles. The molecule has 1 aromatic rings. The predicted molar refractivity (Wildman–Crippen MR) is 69.9 cm³/mol. The Morgan fingerprint density at radius 2 is 2.00 bits per heavy atom. The quantitative estimate of drug-likeness (QED) is 0.819. The number of aromatic amines is 1. The largest absolute Gasteiger partial charge is 0.392 e. The van der Waals surface area contributed by atoms with Gasteiger partial charge in [-0.2, -0.15) is 0 Å². The summed E-state index contributed by atoms with van der Waals surface area (Å²) in [5, 5.41) is 17.7. The fourth-order valence-electron chi connectivity index (χ4n) is 2.56. The summed E-state index contributed by atoms with van der Waals surface area (Å²) in [6.07, 6.45) is 7.22. The summed E-state index contributed by atoms with van der Waals surface area (Å²) < 4.78 is 1.77. The fourth-order valence-corrected chi connectivity index (χ4v) is 3.85. The molecule has 2 aliphatic carbocycles. The number of aromatic nitrogens is 3. The van der Waals surface area contributed by atoms with Crippen molar-refractivity contribution in [3.05, 3.63) is 10.5 Å². The number of nitrogens with zero attached hydrogens (tertiary/aromatic N) is 2. The van der Waals surface area contributed by atoms with Gasteiger partial charge in [-0.15, -0.1) is 5.10 Å². The third-order valence-electron chi connectivity index (χ3n) is 3.76. The normalized spacial score (nSPS) is 29.2. The van der Waals surface area contributed by atoms with Crippen LogP contribution < -0.4 is 5.69 Å². The lowest BCUT2D eigenvalue weighted by molar-refractivity contribution is 0.163. The van der Waals surface area contributed by atoms with Gasteiger partial charge in [-0.3, -0.25) is 4.57 Å². The summed E-state index contributed by atoms with van der Waals surface area (Å²) in [4.78, 5) is 11.7. The Hall–Kier alpha value is -0.750. The van der Waals surface area contributed by atoms with E-state index >= 15 is 0 Å². The summed E-state index contributed by atoms with van der Waals surface area (Å²) in [6.45, 7) is 0. The molecule has 0 amide bonds. The maximum absolute atomic E-state index is 11.7. The summed E-state index contributed by atoms with van der Waals surface area (Å²) in [5.74, 6) is 0. The molecule has 18 heavy (non-hydrogen) atoms.